The van der Waals surface area contributed by atoms with E-state index in [4.69, 9.17) is 0 Å². The Kier molecular flexibility index (Phi) is 6.45. The standard InChI is InChI=1S/C29H32N4O/c1-21(2)29(34)31-25-8-3-6-23(18-25)22-11-15-32(16-12-22)20-24-7-4-10-28-27(24)13-17-33(28)26-9-5-14-30-19-26/h3-10,13-14,17-19,21-22H,11-12,15-16,20H2,1-2H3,(H,31,34). The number of nitrogens with one attached hydrogen (secondary N) is 1. The molecule has 0 aliphatic carbocycles. The number of likely N-dealkylation sites (tertiary alicyclic amines) is 1. The lowest BCUT2D eigenvalue weighted by atomic mass is 9.89. The zero-order valence-electron chi connectivity index (χ0n) is 19.9. The van der Waals surface area contributed by atoms with Crippen LogP contribution in [0.2, 0.25) is 0 Å². The number of benzene rings is 2. The normalized spacial score (nSPS) is 15.1. The molecule has 1 amide bonds. The molecule has 5 heteroatoms. The molecule has 34 heavy (non-hydrogen) atoms. The van der Waals surface area contributed by atoms with E-state index in [0.717, 1.165) is 43.9 Å². The zero-order valence-corrected chi connectivity index (χ0v) is 19.9. The summed E-state index contributed by atoms with van der Waals surface area (Å²) >= 11 is 0. The quantitative estimate of drug-likeness (QED) is 0.390. The van der Waals surface area contributed by atoms with Gasteiger partial charge in [0.25, 0.3) is 0 Å². The van der Waals surface area contributed by atoms with Gasteiger partial charge in [0.05, 0.1) is 17.4 Å². The fraction of sp³-hybridized carbons (Fsp3) is 0.310. The number of piperidine rings is 1. The Labute approximate surface area is 201 Å². The van der Waals surface area contributed by atoms with Gasteiger partial charge in [-0.05, 0) is 79.4 Å². The smallest absolute Gasteiger partial charge is 0.226 e. The molecule has 1 fully saturated rings. The minimum absolute atomic E-state index is 0.0161. The average molecular weight is 453 g/mol. The molecule has 0 atom stereocenters. The van der Waals surface area contributed by atoms with Gasteiger partial charge < -0.3 is 9.88 Å². The predicted molar refractivity (Wildman–Crippen MR) is 138 cm³/mol. The highest BCUT2D eigenvalue weighted by Gasteiger charge is 2.22. The van der Waals surface area contributed by atoms with Crippen molar-refractivity contribution in [3.8, 4) is 5.69 Å². The van der Waals surface area contributed by atoms with Crippen molar-refractivity contribution in [2.45, 2.75) is 39.2 Å². The SMILES string of the molecule is CC(C)C(=O)Nc1cccc(C2CCN(Cc3cccc4c3ccn4-c3cccnc3)CC2)c1. The number of pyridine rings is 1. The molecule has 1 aliphatic rings. The third-order valence-corrected chi connectivity index (χ3v) is 6.88. The summed E-state index contributed by atoms with van der Waals surface area (Å²) < 4.78 is 2.21. The van der Waals surface area contributed by atoms with Gasteiger partial charge in [-0.1, -0.05) is 38.1 Å². The second kappa shape index (κ2) is 9.82. The monoisotopic (exact) mass is 452 g/mol. The van der Waals surface area contributed by atoms with E-state index in [0.29, 0.717) is 5.92 Å². The molecule has 5 nitrogen and oxygen atoms in total. The predicted octanol–water partition coefficient (Wildman–Crippen LogP) is 6.00. The molecule has 0 unspecified atom stereocenters. The first-order chi connectivity index (χ1) is 16.6. The van der Waals surface area contributed by atoms with Gasteiger partial charge in [-0.2, -0.15) is 0 Å². The Morgan fingerprint density at radius 3 is 2.65 bits per heavy atom. The van der Waals surface area contributed by atoms with Crippen LogP contribution in [0.4, 0.5) is 5.69 Å². The summed E-state index contributed by atoms with van der Waals surface area (Å²) in [5, 5.41) is 4.35. The molecule has 2 aromatic carbocycles. The molecule has 4 aromatic rings. The first kappa shape index (κ1) is 22.4. The van der Waals surface area contributed by atoms with Gasteiger partial charge in [0.1, 0.15) is 0 Å². The van der Waals surface area contributed by atoms with E-state index >= 15 is 0 Å². The molecule has 1 saturated heterocycles. The number of amides is 1. The number of nitrogens with zero attached hydrogens (tertiary/aromatic N) is 3. The molecule has 5 rings (SSSR count). The van der Waals surface area contributed by atoms with E-state index in [-0.39, 0.29) is 11.8 Å². The first-order valence-electron chi connectivity index (χ1n) is 12.2. The van der Waals surface area contributed by atoms with Crippen LogP contribution in [-0.2, 0) is 11.3 Å². The van der Waals surface area contributed by atoms with Crippen molar-refractivity contribution in [3.05, 3.63) is 90.4 Å². The molecule has 0 spiro atoms. The Bertz CT molecular complexity index is 1270. The molecule has 1 N–H and O–H groups in total. The van der Waals surface area contributed by atoms with Gasteiger partial charge in [0, 0.05) is 35.9 Å². The summed E-state index contributed by atoms with van der Waals surface area (Å²) in [5.74, 6) is 0.589. The molecule has 1 aliphatic heterocycles. The van der Waals surface area contributed by atoms with Crippen molar-refractivity contribution in [2.75, 3.05) is 18.4 Å². The molecular weight excluding hydrogens is 420 g/mol. The number of carbonyl (C=O) groups excluding carboxylic acids is 1. The topological polar surface area (TPSA) is 50.2 Å². The van der Waals surface area contributed by atoms with E-state index < -0.39 is 0 Å². The van der Waals surface area contributed by atoms with Crippen molar-refractivity contribution in [1.82, 2.24) is 14.5 Å². The maximum atomic E-state index is 12.1. The van der Waals surface area contributed by atoms with E-state index in [9.17, 15) is 4.79 Å². The van der Waals surface area contributed by atoms with E-state index in [1.807, 2.05) is 38.4 Å². The fourth-order valence-corrected chi connectivity index (χ4v) is 4.91. The minimum atomic E-state index is -0.0161. The van der Waals surface area contributed by atoms with Crippen molar-refractivity contribution in [1.29, 1.82) is 0 Å². The summed E-state index contributed by atoms with van der Waals surface area (Å²) in [5.41, 5.74) is 5.92. The van der Waals surface area contributed by atoms with Crippen LogP contribution in [0, 0.1) is 5.92 Å². The summed E-state index contributed by atoms with van der Waals surface area (Å²) in [7, 11) is 0. The van der Waals surface area contributed by atoms with Crippen molar-refractivity contribution < 1.29 is 4.79 Å². The molecular formula is C29H32N4O. The van der Waals surface area contributed by atoms with Gasteiger partial charge in [-0.25, -0.2) is 0 Å². The fourth-order valence-electron chi connectivity index (χ4n) is 4.91. The Hall–Kier alpha value is -3.44. The summed E-state index contributed by atoms with van der Waals surface area (Å²) in [6.45, 7) is 6.96. The highest BCUT2D eigenvalue weighted by atomic mass is 16.1. The lowest BCUT2D eigenvalue weighted by molar-refractivity contribution is -0.118. The van der Waals surface area contributed by atoms with Crippen LogP contribution in [0.25, 0.3) is 16.6 Å². The number of hydrogen-bond donors (Lipinski definition) is 1. The van der Waals surface area contributed by atoms with Gasteiger partial charge in [-0.15, -0.1) is 0 Å². The third kappa shape index (κ3) is 4.75. The van der Waals surface area contributed by atoms with Crippen LogP contribution in [0.3, 0.4) is 0 Å². The van der Waals surface area contributed by atoms with E-state index in [1.54, 1.807) is 0 Å². The lowest BCUT2D eigenvalue weighted by Crippen LogP contribution is -2.32. The van der Waals surface area contributed by atoms with Crippen LogP contribution >= 0.6 is 0 Å². The maximum absolute atomic E-state index is 12.1. The summed E-state index contributed by atoms with van der Waals surface area (Å²) in [6, 6.07) is 21.3. The van der Waals surface area contributed by atoms with Crippen LogP contribution in [0.1, 0.15) is 43.7 Å². The highest BCUT2D eigenvalue weighted by molar-refractivity contribution is 5.92. The molecule has 3 heterocycles. The number of aromatic nitrogens is 2. The minimum Gasteiger partial charge on any atom is -0.326 e. The summed E-state index contributed by atoms with van der Waals surface area (Å²) in [4.78, 5) is 18.9. The number of rotatable bonds is 6. The number of fused-ring (bicyclic) bond motifs is 1. The summed E-state index contributed by atoms with van der Waals surface area (Å²) in [6.07, 6.45) is 8.12. The Morgan fingerprint density at radius 2 is 1.88 bits per heavy atom. The molecule has 2 aromatic heterocycles. The number of carbonyl (C=O) groups is 1. The third-order valence-electron chi connectivity index (χ3n) is 6.88. The zero-order chi connectivity index (χ0) is 23.5. The van der Waals surface area contributed by atoms with Crippen LogP contribution in [-0.4, -0.2) is 33.4 Å². The molecule has 0 bridgehead atoms. The second-order valence-corrected chi connectivity index (χ2v) is 9.57. The molecule has 0 saturated carbocycles. The van der Waals surface area contributed by atoms with E-state index in [2.05, 4.69) is 74.5 Å². The van der Waals surface area contributed by atoms with Gasteiger partial charge in [0.15, 0.2) is 0 Å². The lowest BCUT2D eigenvalue weighted by Gasteiger charge is -2.32. The average Bonchev–Trinajstić information content (AvgIpc) is 3.30. The maximum Gasteiger partial charge on any atom is 0.226 e. The second-order valence-electron chi connectivity index (χ2n) is 9.57. The molecule has 174 valence electrons. The molecule has 0 radical (unpaired) electrons. The first-order valence-corrected chi connectivity index (χ1v) is 12.2. The number of hydrogen-bond acceptors (Lipinski definition) is 3. The van der Waals surface area contributed by atoms with Crippen LogP contribution in [0.15, 0.2) is 79.3 Å². The highest BCUT2D eigenvalue weighted by Crippen LogP contribution is 2.31. The van der Waals surface area contributed by atoms with Crippen molar-refractivity contribution in [3.63, 3.8) is 0 Å². The van der Waals surface area contributed by atoms with Gasteiger partial charge in [0.2, 0.25) is 5.91 Å². The largest absolute Gasteiger partial charge is 0.326 e. The van der Waals surface area contributed by atoms with E-state index in [1.165, 1.54) is 22.0 Å². The van der Waals surface area contributed by atoms with Gasteiger partial charge in [-0.3, -0.25) is 14.7 Å². The van der Waals surface area contributed by atoms with Gasteiger partial charge >= 0.3 is 0 Å². The Balaban J connectivity index is 1.25. The van der Waals surface area contributed by atoms with Crippen LogP contribution < -0.4 is 5.32 Å². The van der Waals surface area contributed by atoms with Crippen molar-refractivity contribution >= 4 is 22.5 Å². The van der Waals surface area contributed by atoms with Crippen LogP contribution in [0.5, 0.6) is 0 Å². The Morgan fingerprint density at radius 1 is 1.06 bits per heavy atom. The van der Waals surface area contributed by atoms with Crippen molar-refractivity contribution in [2.24, 2.45) is 5.92 Å². The number of anilines is 1.